The third-order valence-corrected chi connectivity index (χ3v) is 2.30. The number of hydrogen-bond donors (Lipinski definition) is 0. The van der Waals surface area contributed by atoms with Gasteiger partial charge in [-0.2, -0.15) is 0 Å². The fourth-order valence-corrected chi connectivity index (χ4v) is 1.17. The molecule has 0 aromatic carbocycles. The van der Waals surface area contributed by atoms with Crippen molar-refractivity contribution in [3.63, 3.8) is 0 Å². The molecule has 0 aliphatic heterocycles. The molecular weight excluding hydrogens is 268 g/mol. The Hall–Kier alpha value is -1.18. The number of ether oxygens (including phenoxy) is 4. The van der Waals surface area contributed by atoms with E-state index in [2.05, 4.69) is 39.4 Å². The average Bonchev–Trinajstić information content (AvgIpc) is 2.30. The lowest BCUT2D eigenvalue weighted by molar-refractivity contribution is -0.0439. The Labute approximate surface area is 129 Å². The lowest BCUT2D eigenvalue weighted by Gasteiger charge is -2.26. The van der Waals surface area contributed by atoms with Crippen LogP contribution in [0.1, 0.15) is 48.5 Å². The van der Waals surface area contributed by atoms with Crippen molar-refractivity contribution in [3.05, 3.63) is 12.3 Å². The van der Waals surface area contributed by atoms with E-state index in [1.54, 1.807) is 0 Å². The van der Waals surface area contributed by atoms with Crippen molar-refractivity contribution >= 4 is 0 Å². The van der Waals surface area contributed by atoms with Gasteiger partial charge < -0.3 is 18.9 Å². The molecule has 4 heteroatoms. The fraction of sp³-hybridized carbons (Fsp3) is 0.765. The van der Waals surface area contributed by atoms with Gasteiger partial charge in [0.05, 0.1) is 0 Å². The van der Waals surface area contributed by atoms with Crippen LogP contribution in [0.2, 0.25) is 0 Å². The molecule has 0 aliphatic rings. The predicted octanol–water partition coefficient (Wildman–Crippen LogP) is 3.72. The van der Waals surface area contributed by atoms with Gasteiger partial charge in [0.1, 0.15) is 30.2 Å². The van der Waals surface area contributed by atoms with Crippen LogP contribution in [0.4, 0.5) is 0 Å². The highest BCUT2D eigenvalue weighted by Gasteiger charge is 2.24. The molecule has 0 spiro atoms. The highest BCUT2D eigenvalue weighted by atomic mass is 16.7. The van der Waals surface area contributed by atoms with Crippen LogP contribution in [-0.2, 0) is 18.9 Å². The Bertz CT molecular complexity index is 363. The summed E-state index contributed by atoms with van der Waals surface area (Å²) < 4.78 is 21.6. The Morgan fingerprint density at radius 2 is 1.76 bits per heavy atom. The van der Waals surface area contributed by atoms with Gasteiger partial charge in [0, 0.05) is 6.61 Å². The van der Waals surface area contributed by atoms with Crippen molar-refractivity contribution in [3.8, 4) is 12.0 Å². The third kappa shape index (κ3) is 11.2. The molecule has 0 bridgehead atoms. The minimum absolute atomic E-state index is 0.131. The standard InChI is InChI=1S/C17H30O4/c1-9-18-13-20-14(2)12-19-15(16(3,4)5)10-11-21-17(6,7)8/h15H,2,9,12-13H2,1,3-8H3. The van der Waals surface area contributed by atoms with Crippen LogP contribution in [0.15, 0.2) is 12.3 Å². The van der Waals surface area contributed by atoms with Gasteiger partial charge >= 0.3 is 0 Å². The fourth-order valence-electron chi connectivity index (χ4n) is 1.17. The normalized spacial score (nSPS) is 13.1. The lowest BCUT2D eigenvalue weighted by Crippen LogP contribution is -2.29. The summed E-state index contributed by atoms with van der Waals surface area (Å²) in [6.07, 6.45) is 2.47. The average molecular weight is 298 g/mol. The van der Waals surface area contributed by atoms with Crippen molar-refractivity contribution < 1.29 is 18.9 Å². The van der Waals surface area contributed by atoms with Crippen molar-refractivity contribution in [1.29, 1.82) is 0 Å². The largest absolute Gasteiger partial charge is 0.470 e. The van der Waals surface area contributed by atoms with E-state index in [0.29, 0.717) is 12.4 Å². The molecular formula is C17H30O4. The first-order valence-electron chi connectivity index (χ1n) is 7.24. The van der Waals surface area contributed by atoms with Crippen LogP contribution in [-0.4, -0.2) is 31.7 Å². The molecule has 0 N–H and O–H groups in total. The molecule has 0 saturated carbocycles. The summed E-state index contributed by atoms with van der Waals surface area (Å²) in [7, 11) is 0. The van der Waals surface area contributed by atoms with Gasteiger partial charge in [-0.1, -0.05) is 27.4 Å². The summed E-state index contributed by atoms with van der Waals surface area (Å²) in [4.78, 5) is 0. The number of hydrogen-bond acceptors (Lipinski definition) is 4. The SMILES string of the molecule is C=C(COC(C#COC(C)(C)C)C(C)(C)C)OCOCC. The molecule has 1 unspecified atom stereocenters. The summed E-state index contributed by atoms with van der Waals surface area (Å²) in [6.45, 7) is 18.8. The van der Waals surface area contributed by atoms with Crippen LogP contribution < -0.4 is 0 Å². The molecule has 0 aromatic heterocycles. The van der Waals surface area contributed by atoms with Gasteiger partial charge in [0.2, 0.25) is 0 Å². The molecule has 0 aromatic rings. The van der Waals surface area contributed by atoms with Crippen molar-refractivity contribution in [2.45, 2.75) is 60.2 Å². The quantitative estimate of drug-likeness (QED) is 0.311. The van der Waals surface area contributed by atoms with Gasteiger partial charge in [-0.25, -0.2) is 0 Å². The second kappa shape index (κ2) is 8.96. The molecule has 21 heavy (non-hydrogen) atoms. The first kappa shape index (κ1) is 19.8. The Balaban J connectivity index is 4.42. The van der Waals surface area contributed by atoms with E-state index in [4.69, 9.17) is 18.9 Å². The van der Waals surface area contributed by atoms with E-state index in [0.717, 1.165) is 0 Å². The van der Waals surface area contributed by atoms with Crippen LogP contribution >= 0.6 is 0 Å². The maximum atomic E-state index is 5.78. The van der Waals surface area contributed by atoms with E-state index in [9.17, 15) is 0 Å². The van der Waals surface area contributed by atoms with E-state index >= 15 is 0 Å². The van der Waals surface area contributed by atoms with E-state index in [-0.39, 0.29) is 30.5 Å². The minimum Gasteiger partial charge on any atom is -0.470 e. The molecule has 0 aliphatic carbocycles. The molecule has 1 atom stereocenters. The first-order valence-corrected chi connectivity index (χ1v) is 7.24. The molecule has 0 heterocycles. The Kier molecular flexibility index (Phi) is 8.46. The summed E-state index contributed by atoms with van der Waals surface area (Å²) in [5, 5.41) is 0. The van der Waals surface area contributed by atoms with Crippen LogP contribution in [0.3, 0.4) is 0 Å². The lowest BCUT2D eigenvalue weighted by atomic mass is 9.89. The zero-order valence-electron chi connectivity index (χ0n) is 14.5. The van der Waals surface area contributed by atoms with Crippen molar-refractivity contribution in [1.82, 2.24) is 0 Å². The molecule has 4 nitrogen and oxygen atoms in total. The molecule has 0 saturated heterocycles. The summed E-state index contributed by atoms with van der Waals surface area (Å²) >= 11 is 0. The van der Waals surface area contributed by atoms with Crippen molar-refractivity contribution in [2.24, 2.45) is 5.41 Å². The topological polar surface area (TPSA) is 36.9 Å². The van der Waals surface area contributed by atoms with Gasteiger partial charge in [0.15, 0.2) is 6.79 Å². The Morgan fingerprint density at radius 3 is 2.24 bits per heavy atom. The number of rotatable bonds is 7. The molecule has 0 radical (unpaired) electrons. The zero-order valence-corrected chi connectivity index (χ0v) is 14.5. The maximum Gasteiger partial charge on any atom is 0.188 e. The van der Waals surface area contributed by atoms with E-state index in [1.165, 1.54) is 0 Å². The zero-order chi connectivity index (χ0) is 16.5. The van der Waals surface area contributed by atoms with Gasteiger partial charge in [-0.05, 0) is 39.0 Å². The summed E-state index contributed by atoms with van der Waals surface area (Å²) in [5.74, 6) is 3.54. The van der Waals surface area contributed by atoms with E-state index < -0.39 is 0 Å². The highest BCUT2D eigenvalue weighted by Crippen LogP contribution is 2.22. The second-order valence-electron chi connectivity index (χ2n) is 6.81. The van der Waals surface area contributed by atoms with Gasteiger partial charge in [-0.3, -0.25) is 0 Å². The van der Waals surface area contributed by atoms with Gasteiger partial charge in [0.25, 0.3) is 0 Å². The second-order valence-corrected chi connectivity index (χ2v) is 6.81. The third-order valence-electron chi connectivity index (χ3n) is 2.30. The van der Waals surface area contributed by atoms with Crippen LogP contribution in [0.25, 0.3) is 0 Å². The molecule has 0 fully saturated rings. The highest BCUT2D eigenvalue weighted by molar-refractivity contribution is 5.06. The molecule has 0 rings (SSSR count). The first-order chi connectivity index (χ1) is 9.56. The molecule has 122 valence electrons. The van der Waals surface area contributed by atoms with Crippen LogP contribution in [0.5, 0.6) is 0 Å². The van der Waals surface area contributed by atoms with Crippen LogP contribution in [0, 0.1) is 17.4 Å². The minimum atomic E-state index is -0.292. The monoisotopic (exact) mass is 298 g/mol. The smallest absolute Gasteiger partial charge is 0.188 e. The maximum absolute atomic E-state index is 5.78. The van der Waals surface area contributed by atoms with Crippen molar-refractivity contribution in [2.75, 3.05) is 20.0 Å². The molecule has 0 amide bonds. The summed E-state index contributed by atoms with van der Waals surface area (Å²) in [5.41, 5.74) is -0.423. The predicted molar refractivity (Wildman–Crippen MR) is 84.5 cm³/mol. The van der Waals surface area contributed by atoms with E-state index in [1.807, 2.05) is 27.7 Å². The van der Waals surface area contributed by atoms with Gasteiger partial charge in [-0.15, -0.1) is 0 Å². The Morgan fingerprint density at radius 1 is 1.14 bits per heavy atom. The summed E-state index contributed by atoms with van der Waals surface area (Å²) in [6, 6.07) is 0.